The van der Waals surface area contributed by atoms with Crippen molar-refractivity contribution in [2.45, 2.75) is 63.7 Å². The second-order valence-corrected chi connectivity index (χ2v) is 6.79. The number of nitrogens with zero attached hydrogens (tertiary/aromatic N) is 1. The molecule has 0 bridgehead atoms. The molecule has 1 heterocycles. The highest BCUT2D eigenvalue weighted by atomic mass is 19.4. The molecule has 24 heavy (non-hydrogen) atoms. The zero-order valence-corrected chi connectivity index (χ0v) is 13.8. The number of nitrogens with one attached hydrogen (secondary N) is 1. The fourth-order valence-corrected chi connectivity index (χ4v) is 3.10. The van der Waals surface area contributed by atoms with Crippen LogP contribution in [0, 0.1) is 5.82 Å². The van der Waals surface area contributed by atoms with Crippen molar-refractivity contribution in [3.05, 3.63) is 35.6 Å². The summed E-state index contributed by atoms with van der Waals surface area (Å²) in [5.41, 5.74) is 1.96. The van der Waals surface area contributed by atoms with Gasteiger partial charge in [0.1, 0.15) is 11.9 Å². The summed E-state index contributed by atoms with van der Waals surface area (Å²) >= 11 is 0. The standard InChI is InChI=1S/C17H22F4N2O/c1-16(2)11-15(24)22-23(16)14(17(19,20)21)10-6-4-8-12-7-3-5-9-13(12)18/h3,5,7,9,14H,4,6,8,10-11H2,1-2H3,(H,22,24)/t14-/m0/s1. The van der Waals surface area contributed by atoms with Crippen LogP contribution in [0.15, 0.2) is 24.3 Å². The molecule has 3 nitrogen and oxygen atoms in total. The zero-order valence-electron chi connectivity index (χ0n) is 13.8. The molecule has 0 aliphatic carbocycles. The fourth-order valence-electron chi connectivity index (χ4n) is 3.10. The highest BCUT2D eigenvalue weighted by Gasteiger charge is 2.51. The van der Waals surface area contributed by atoms with Crippen molar-refractivity contribution in [3.8, 4) is 0 Å². The van der Waals surface area contributed by atoms with E-state index in [2.05, 4.69) is 5.43 Å². The average Bonchev–Trinajstić information content (AvgIpc) is 2.72. The van der Waals surface area contributed by atoms with Gasteiger partial charge < -0.3 is 0 Å². The van der Waals surface area contributed by atoms with Crippen LogP contribution in [0.25, 0.3) is 0 Å². The first kappa shape index (κ1) is 18.7. The lowest BCUT2D eigenvalue weighted by Crippen LogP contribution is -2.56. The van der Waals surface area contributed by atoms with E-state index in [9.17, 15) is 22.4 Å². The topological polar surface area (TPSA) is 32.3 Å². The number of unbranched alkanes of at least 4 members (excludes halogenated alkanes) is 1. The van der Waals surface area contributed by atoms with Gasteiger partial charge in [-0.1, -0.05) is 24.6 Å². The van der Waals surface area contributed by atoms with Gasteiger partial charge in [-0.25, -0.2) is 9.40 Å². The van der Waals surface area contributed by atoms with E-state index >= 15 is 0 Å². The molecule has 1 saturated heterocycles. The molecule has 1 fully saturated rings. The SMILES string of the molecule is CC1(C)CC(=O)NN1[C@@H](CCCCc1ccccc1F)C(F)(F)F. The quantitative estimate of drug-likeness (QED) is 0.624. The number of aryl methyl sites for hydroxylation is 1. The second kappa shape index (κ2) is 7.09. The van der Waals surface area contributed by atoms with Crippen LogP contribution in [0.2, 0.25) is 0 Å². The summed E-state index contributed by atoms with van der Waals surface area (Å²) in [5, 5.41) is 1.03. The van der Waals surface area contributed by atoms with Gasteiger partial charge >= 0.3 is 6.18 Å². The van der Waals surface area contributed by atoms with Gasteiger partial charge in [-0.05, 0) is 44.7 Å². The largest absolute Gasteiger partial charge is 0.405 e. The number of rotatable bonds is 6. The number of hydrazine groups is 1. The predicted molar refractivity (Wildman–Crippen MR) is 82.5 cm³/mol. The number of benzene rings is 1. The first-order chi connectivity index (χ1) is 11.1. The van der Waals surface area contributed by atoms with E-state index in [1.54, 1.807) is 32.0 Å². The molecule has 1 aromatic rings. The minimum Gasteiger partial charge on any atom is -0.288 e. The van der Waals surface area contributed by atoms with Gasteiger partial charge in [-0.2, -0.15) is 13.2 Å². The summed E-state index contributed by atoms with van der Waals surface area (Å²) in [6.45, 7) is 3.23. The molecule has 0 aromatic heterocycles. The monoisotopic (exact) mass is 346 g/mol. The molecule has 2 rings (SSSR count). The van der Waals surface area contributed by atoms with Crippen molar-refractivity contribution in [1.29, 1.82) is 0 Å². The predicted octanol–water partition coefficient (Wildman–Crippen LogP) is 3.98. The molecule has 1 amide bonds. The molecule has 1 N–H and O–H groups in total. The van der Waals surface area contributed by atoms with Crippen LogP contribution in [0.3, 0.4) is 0 Å². The summed E-state index contributed by atoms with van der Waals surface area (Å²) in [7, 11) is 0. The van der Waals surface area contributed by atoms with E-state index in [1.165, 1.54) is 6.07 Å². The first-order valence-corrected chi connectivity index (χ1v) is 8.00. The third kappa shape index (κ3) is 4.47. The Hall–Kier alpha value is -1.63. The lowest BCUT2D eigenvalue weighted by atomic mass is 9.97. The maximum Gasteiger partial charge on any atom is 0.405 e. The Bertz CT molecular complexity index is 586. The van der Waals surface area contributed by atoms with Crippen molar-refractivity contribution in [2.75, 3.05) is 0 Å². The number of alkyl halides is 3. The number of hydrogen-bond acceptors (Lipinski definition) is 2. The Labute approximate surface area is 139 Å². The van der Waals surface area contributed by atoms with Gasteiger partial charge in [0.2, 0.25) is 5.91 Å². The molecule has 1 aliphatic heterocycles. The Morgan fingerprint density at radius 2 is 1.92 bits per heavy atom. The minimum atomic E-state index is -4.44. The van der Waals surface area contributed by atoms with Crippen LogP contribution in [0.4, 0.5) is 17.6 Å². The lowest BCUT2D eigenvalue weighted by molar-refractivity contribution is -0.202. The molecule has 134 valence electrons. The van der Waals surface area contributed by atoms with Crippen LogP contribution in [0.5, 0.6) is 0 Å². The van der Waals surface area contributed by atoms with Gasteiger partial charge in [-0.3, -0.25) is 10.2 Å². The summed E-state index contributed by atoms with van der Waals surface area (Å²) in [6, 6.07) is 4.53. The molecule has 1 aliphatic rings. The van der Waals surface area contributed by atoms with Gasteiger partial charge in [-0.15, -0.1) is 0 Å². The fraction of sp³-hybridized carbons (Fsp3) is 0.588. The minimum absolute atomic E-state index is 0.0365. The normalized spacial score (nSPS) is 19.3. The van der Waals surface area contributed by atoms with E-state index in [0.717, 1.165) is 5.01 Å². The van der Waals surface area contributed by atoms with Gasteiger partial charge in [0.15, 0.2) is 0 Å². The highest BCUT2D eigenvalue weighted by molar-refractivity contribution is 5.78. The summed E-state index contributed by atoms with van der Waals surface area (Å²) in [5.74, 6) is -0.738. The lowest BCUT2D eigenvalue weighted by Gasteiger charge is -2.37. The molecular weight excluding hydrogens is 324 g/mol. The number of halogens is 4. The Morgan fingerprint density at radius 1 is 1.25 bits per heavy atom. The van der Waals surface area contributed by atoms with E-state index in [1.807, 2.05) is 0 Å². The van der Waals surface area contributed by atoms with E-state index in [4.69, 9.17) is 0 Å². The van der Waals surface area contributed by atoms with Crippen LogP contribution < -0.4 is 5.43 Å². The van der Waals surface area contributed by atoms with Crippen LogP contribution in [-0.2, 0) is 11.2 Å². The zero-order chi connectivity index (χ0) is 18.0. The summed E-state index contributed by atoms with van der Waals surface area (Å²) in [6.07, 6.45) is -3.40. The van der Waals surface area contributed by atoms with Crippen molar-refractivity contribution in [2.24, 2.45) is 0 Å². The number of carbonyl (C=O) groups is 1. The van der Waals surface area contributed by atoms with Crippen molar-refractivity contribution in [3.63, 3.8) is 0 Å². The molecule has 0 unspecified atom stereocenters. The molecule has 0 spiro atoms. The Morgan fingerprint density at radius 3 is 2.46 bits per heavy atom. The second-order valence-electron chi connectivity index (χ2n) is 6.79. The van der Waals surface area contributed by atoms with Gasteiger partial charge in [0.25, 0.3) is 0 Å². The third-order valence-corrected chi connectivity index (χ3v) is 4.31. The van der Waals surface area contributed by atoms with Gasteiger partial charge in [0.05, 0.1) is 0 Å². The molecule has 1 aromatic carbocycles. The van der Waals surface area contributed by atoms with Crippen molar-refractivity contribution in [1.82, 2.24) is 10.4 Å². The first-order valence-electron chi connectivity index (χ1n) is 8.00. The molecular formula is C17H22F4N2O. The number of carbonyl (C=O) groups excluding carboxylic acids is 1. The third-order valence-electron chi connectivity index (χ3n) is 4.31. The van der Waals surface area contributed by atoms with E-state index in [-0.39, 0.29) is 18.7 Å². The summed E-state index contributed by atoms with van der Waals surface area (Å²) in [4.78, 5) is 11.5. The number of amides is 1. The molecule has 1 atom stereocenters. The highest BCUT2D eigenvalue weighted by Crippen LogP contribution is 2.35. The van der Waals surface area contributed by atoms with E-state index < -0.39 is 23.7 Å². The molecule has 0 saturated carbocycles. The smallest absolute Gasteiger partial charge is 0.288 e. The Balaban J connectivity index is 1.96. The maximum absolute atomic E-state index is 13.5. The average molecular weight is 346 g/mol. The van der Waals surface area contributed by atoms with Crippen LogP contribution in [-0.4, -0.2) is 28.7 Å². The van der Waals surface area contributed by atoms with Crippen molar-refractivity contribution < 1.29 is 22.4 Å². The Kier molecular flexibility index (Phi) is 5.52. The van der Waals surface area contributed by atoms with Gasteiger partial charge in [0, 0.05) is 12.0 Å². The maximum atomic E-state index is 13.5. The molecule has 0 radical (unpaired) electrons. The molecule has 7 heteroatoms. The number of hydrogen-bond donors (Lipinski definition) is 1. The van der Waals surface area contributed by atoms with Crippen LogP contribution in [0.1, 0.15) is 45.1 Å². The summed E-state index contributed by atoms with van der Waals surface area (Å²) < 4.78 is 53.7. The van der Waals surface area contributed by atoms with E-state index in [0.29, 0.717) is 24.8 Å². The van der Waals surface area contributed by atoms with Crippen molar-refractivity contribution >= 4 is 5.91 Å². The van der Waals surface area contributed by atoms with Crippen LogP contribution >= 0.6 is 0 Å².